The molecule has 38 heavy (non-hydrogen) atoms. The normalized spacial score (nSPS) is 11.7. The van der Waals surface area contributed by atoms with Gasteiger partial charge in [0.1, 0.15) is 0 Å². The van der Waals surface area contributed by atoms with Gasteiger partial charge in [-0.15, -0.1) is 0 Å². The zero-order chi connectivity index (χ0) is 25.4. The Morgan fingerprint density at radius 2 is 0.737 bits per heavy atom. The van der Waals surface area contributed by atoms with Gasteiger partial charge in [0.05, 0.1) is 0 Å². The van der Waals surface area contributed by atoms with Gasteiger partial charge in [0.25, 0.3) is 0 Å². The quantitative estimate of drug-likeness (QED) is 0.228. The van der Waals surface area contributed by atoms with Crippen LogP contribution in [0.15, 0.2) is 164 Å². The molecule has 0 aliphatic carbocycles. The first-order valence-electron chi connectivity index (χ1n) is 13.1. The zero-order valence-corrected chi connectivity index (χ0v) is 23.1. The molecule has 0 saturated carbocycles. The molecule has 2 heteroatoms. The van der Waals surface area contributed by atoms with Crippen molar-refractivity contribution >= 4 is 52.7 Å². The summed E-state index contributed by atoms with van der Waals surface area (Å²) < 4.78 is 8.16. The van der Waals surface area contributed by atoms with Crippen LogP contribution in [0, 0.1) is 0 Å². The first kappa shape index (κ1) is 22.8. The first-order chi connectivity index (χ1) is 18.9. The maximum absolute atomic E-state index is 3.33. The molecule has 0 spiro atoms. The third-order valence-electron chi connectivity index (χ3n) is 7.74. The van der Waals surface area contributed by atoms with Crippen LogP contribution in [0.2, 0.25) is 0 Å². The van der Waals surface area contributed by atoms with E-state index in [1.54, 1.807) is 0 Å². The Labute approximate surface area is 226 Å². The molecule has 0 radical (unpaired) electrons. The van der Waals surface area contributed by atoms with Crippen LogP contribution in [0.25, 0.3) is 27.5 Å². The fourth-order valence-corrected chi connectivity index (χ4v) is 16.2. The van der Waals surface area contributed by atoms with E-state index < -0.39 is 13.3 Å². The van der Waals surface area contributed by atoms with Crippen molar-refractivity contribution in [1.29, 1.82) is 0 Å². The zero-order valence-electron chi connectivity index (χ0n) is 21.0. The summed E-state index contributed by atoms with van der Waals surface area (Å²) in [5, 5.41) is 2.57. The summed E-state index contributed by atoms with van der Waals surface area (Å²) in [6, 6.07) is 60.4. The van der Waals surface area contributed by atoms with Crippen LogP contribution in [0.5, 0.6) is 0 Å². The Balaban J connectivity index is 1.58. The van der Waals surface area contributed by atoms with Crippen LogP contribution in [-0.4, -0.2) is 17.8 Å². The molecule has 0 aliphatic rings. The number of nitrogens with zero attached hydrogens (tertiary/aromatic N) is 1. The second-order valence-electron chi connectivity index (χ2n) is 9.77. The van der Waals surface area contributed by atoms with Crippen molar-refractivity contribution in [2.75, 3.05) is 0 Å². The summed E-state index contributed by atoms with van der Waals surface area (Å²) in [5.74, 6) is 0. The Morgan fingerprint density at radius 1 is 0.342 bits per heavy atom. The van der Waals surface area contributed by atoms with Crippen LogP contribution >= 0.6 is 0 Å². The number of benzene rings is 6. The fraction of sp³-hybridized carbons (Fsp3) is 0. The number of hydrogen-bond acceptors (Lipinski definition) is 0. The van der Waals surface area contributed by atoms with Crippen molar-refractivity contribution in [3.05, 3.63) is 164 Å². The van der Waals surface area contributed by atoms with Crippen LogP contribution < -0.4 is 17.6 Å². The van der Waals surface area contributed by atoms with Crippen LogP contribution in [0.4, 0.5) is 0 Å². The third-order valence-corrected chi connectivity index (χ3v) is 17.8. The van der Waals surface area contributed by atoms with E-state index >= 15 is 0 Å². The first-order valence-corrected chi connectivity index (χ1v) is 17.3. The molecule has 0 N–H and O–H groups in total. The molecule has 0 atom stereocenters. The summed E-state index contributed by atoms with van der Waals surface area (Å²) in [7, 11) is 0. The maximum atomic E-state index is 2.46. The van der Waals surface area contributed by atoms with E-state index in [0.29, 0.717) is 0 Å². The summed E-state index contributed by atoms with van der Waals surface area (Å²) >= 11 is -3.33. The summed E-state index contributed by atoms with van der Waals surface area (Å²) in [6.45, 7) is 0. The Morgan fingerprint density at radius 3 is 1.21 bits per heavy atom. The van der Waals surface area contributed by atoms with Gasteiger partial charge in [0.15, 0.2) is 0 Å². The molecule has 1 nitrogen and oxygen atoms in total. The van der Waals surface area contributed by atoms with Gasteiger partial charge in [-0.25, -0.2) is 0 Å². The van der Waals surface area contributed by atoms with Crippen molar-refractivity contribution < 1.29 is 0 Å². The Bertz CT molecular complexity index is 1700. The topological polar surface area (TPSA) is 4.93 Å². The Kier molecular flexibility index (Phi) is 5.72. The number of para-hydroxylation sites is 2. The molecule has 0 aliphatic heterocycles. The molecule has 6 aromatic carbocycles. The molecule has 1 aromatic heterocycles. The van der Waals surface area contributed by atoms with E-state index in [1.807, 2.05) is 0 Å². The standard InChI is InChI=1S/C36H27GeN/c1-4-15-28(16-5-1)37(29-17-6-2-7-18-29,30-19-8-3-9-20-30)31-21-14-22-32(27-31)38-35-25-12-10-23-33(35)34-24-11-13-26-36(34)38/h1-27H. The SMILES string of the molecule is c1cc[c]([Ge]([c]2ccccc2)([c]2ccccc2)[c]2cccc(-n3c4ccccc4c4ccccc43)c2)cc1. The predicted octanol–water partition coefficient (Wildman–Crippen LogP) is 6.16. The van der Waals surface area contributed by atoms with Gasteiger partial charge in [-0.3, -0.25) is 0 Å². The summed E-state index contributed by atoms with van der Waals surface area (Å²) in [4.78, 5) is 0. The van der Waals surface area contributed by atoms with Crippen LogP contribution in [0.1, 0.15) is 0 Å². The van der Waals surface area contributed by atoms with Crippen molar-refractivity contribution in [2.45, 2.75) is 0 Å². The van der Waals surface area contributed by atoms with Crippen molar-refractivity contribution in [3.63, 3.8) is 0 Å². The van der Waals surface area contributed by atoms with Gasteiger partial charge >= 0.3 is 227 Å². The predicted molar refractivity (Wildman–Crippen MR) is 164 cm³/mol. The molecule has 0 unspecified atom stereocenters. The second-order valence-corrected chi connectivity index (χ2v) is 17.8. The van der Waals surface area contributed by atoms with E-state index in [2.05, 4.69) is 168 Å². The van der Waals surface area contributed by atoms with Crippen molar-refractivity contribution in [3.8, 4) is 5.69 Å². The van der Waals surface area contributed by atoms with Gasteiger partial charge in [-0.05, 0) is 0 Å². The monoisotopic (exact) mass is 547 g/mol. The average Bonchev–Trinajstić information content (AvgIpc) is 3.34. The van der Waals surface area contributed by atoms with E-state index in [9.17, 15) is 0 Å². The number of aromatic nitrogens is 1. The van der Waals surface area contributed by atoms with Crippen molar-refractivity contribution in [2.24, 2.45) is 0 Å². The van der Waals surface area contributed by atoms with E-state index in [1.165, 1.54) is 45.1 Å². The van der Waals surface area contributed by atoms with Crippen LogP contribution in [0.3, 0.4) is 0 Å². The number of fused-ring (bicyclic) bond motifs is 3. The minimum absolute atomic E-state index is 1.21. The minimum atomic E-state index is -3.33. The van der Waals surface area contributed by atoms with E-state index in [-0.39, 0.29) is 0 Å². The molecule has 180 valence electrons. The summed E-state index contributed by atoms with van der Waals surface area (Å²) in [6.07, 6.45) is 0. The number of hydrogen-bond donors (Lipinski definition) is 0. The molecule has 7 rings (SSSR count). The van der Waals surface area contributed by atoms with Crippen molar-refractivity contribution in [1.82, 2.24) is 4.57 Å². The molecule has 0 fully saturated rings. The second kappa shape index (κ2) is 9.52. The molecule has 1 heterocycles. The van der Waals surface area contributed by atoms with Gasteiger partial charge < -0.3 is 0 Å². The fourth-order valence-electron chi connectivity index (χ4n) is 6.14. The molecule has 0 saturated heterocycles. The van der Waals surface area contributed by atoms with Crippen LogP contribution in [-0.2, 0) is 0 Å². The van der Waals surface area contributed by atoms with Gasteiger partial charge in [-0.2, -0.15) is 0 Å². The Hall–Kier alpha value is -4.34. The molecule has 7 aromatic rings. The molecule has 0 amide bonds. The molecule has 0 bridgehead atoms. The third kappa shape index (κ3) is 3.54. The molecular weight excluding hydrogens is 519 g/mol. The van der Waals surface area contributed by atoms with Gasteiger partial charge in [-0.1, -0.05) is 0 Å². The van der Waals surface area contributed by atoms with Gasteiger partial charge in [0.2, 0.25) is 0 Å². The number of rotatable bonds is 5. The average molecular weight is 546 g/mol. The molecular formula is C36H27GeN. The summed E-state index contributed by atoms with van der Waals surface area (Å²) in [5.41, 5.74) is 3.68. The van der Waals surface area contributed by atoms with E-state index in [4.69, 9.17) is 0 Å². The van der Waals surface area contributed by atoms with Gasteiger partial charge in [0, 0.05) is 0 Å². The van der Waals surface area contributed by atoms with E-state index in [0.717, 1.165) is 0 Å².